The van der Waals surface area contributed by atoms with Crippen molar-refractivity contribution in [2.24, 2.45) is 5.73 Å². The third kappa shape index (κ3) is 3.26. The lowest BCUT2D eigenvalue weighted by Gasteiger charge is -2.12. The second-order valence-corrected chi connectivity index (χ2v) is 5.06. The molecule has 0 bridgehead atoms. The van der Waals surface area contributed by atoms with Gasteiger partial charge in [-0.3, -0.25) is 4.68 Å². The summed E-state index contributed by atoms with van der Waals surface area (Å²) < 4.78 is 7.35. The molecule has 4 heteroatoms. The Kier molecular flexibility index (Phi) is 4.43. The fraction of sp³-hybridized carbons (Fsp3) is 0.533. The lowest BCUT2D eigenvalue weighted by atomic mass is 10.1. The monoisotopic (exact) mass is 261 g/mol. The molecule has 0 aliphatic carbocycles. The van der Waals surface area contributed by atoms with Gasteiger partial charge in [-0.25, -0.2) is 0 Å². The zero-order valence-corrected chi connectivity index (χ0v) is 12.0. The second kappa shape index (κ2) is 6.06. The maximum atomic E-state index is 6.18. The van der Waals surface area contributed by atoms with E-state index in [0.29, 0.717) is 6.04 Å². The molecule has 2 rings (SSSR count). The maximum absolute atomic E-state index is 6.18. The molecule has 0 amide bonds. The molecule has 0 spiro atoms. The molecular weight excluding hydrogens is 238 g/mol. The first-order valence-electron chi connectivity index (χ1n) is 6.98. The van der Waals surface area contributed by atoms with Crippen molar-refractivity contribution in [3.63, 3.8) is 0 Å². The van der Waals surface area contributed by atoms with Gasteiger partial charge in [0.1, 0.15) is 5.76 Å². The van der Waals surface area contributed by atoms with Crippen LogP contribution in [0.3, 0.4) is 0 Å². The Morgan fingerprint density at radius 2 is 2.11 bits per heavy atom. The van der Waals surface area contributed by atoms with Gasteiger partial charge in [0, 0.05) is 24.2 Å². The summed E-state index contributed by atoms with van der Waals surface area (Å²) in [4.78, 5) is 0. The first kappa shape index (κ1) is 13.9. The van der Waals surface area contributed by atoms with Crippen molar-refractivity contribution < 1.29 is 4.42 Å². The average Bonchev–Trinajstić information content (AvgIpc) is 3.00. The zero-order chi connectivity index (χ0) is 13.8. The molecule has 0 radical (unpaired) electrons. The molecule has 0 fully saturated rings. The fourth-order valence-electron chi connectivity index (χ4n) is 2.35. The Morgan fingerprint density at radius 1 is 1.37 bits per heavy atom. The molecule has 19 heavy (non-hydrogen) atoms. The molecule has 1 atom stereocenters. The van der Waals surface area contributed by atoms with E-state index in [0.717, 1.165) is 36.3 Å². The molecule has 2 N–H and O–H groups in total. The summed E-state index contributed by atoms with van der Waals surface area (Å²) in [6, 6.07) is 4.48. The molecule has 0 saturated carbocycles. The average molecular weight is 261 g/mol. The first-order chi connectivity index (χ1) is 9.13. The van der Waals surface area contributed by atoms with E-state index in [1.165, 1.54) is 0 Å². The molecule has 0 saturated heterocycles. The molecule has 0 aromatic carbocycles. The van der Waals surface area contributed by atoms with Gasteiger partial charge in [0.15, 0.2) is 0 Å². The Labute approximate surface area is 114 Å². The van der Waals surface area contributed by atoms with Gasteiger partial charge in [0.25, 0.3) is 0 Å². The normalized spacial score (nSPS) is 13.1. The topological polar surface area (TPSA) is 57.0 Å². The summed E-state index contributed by atoms with van der Waals surface area (Å²) in [5, 5.41) is 4.63. The van der Waals surface area contributed by atoms with E-state index in [1.807, 2.05) is 13.0 Å². The number of hydrogen-bond acceptors (Lipinski definition) is 3. The standard InChI is InChI=1S/C15H23N3O/c1-4-14(5-2)18-7-6-13(17-18)9-15(16)12-8-11(3)19-10-12/h6-8,10,14-15H,4-5,9,16H2,1-3H3. The fourth-order valence-corrected chi connectivity index (χ4v) is 2.35. The highest BCUT2D eigenvalue weighted by molar-refractivity contribution is 5.18. The summed E-state index contributed by atoms with van der Waals surface area (Å²) in [5.41, 5.74) is 8.26. The van der Waals surface area contributed by atoms with Crippen LogP contribution in [0, 0.1) is 6.92 Å². The van der Waals surface area contributed by atoms with Gasteiger partial charge in [0.05, 0.1) is 18.0 Å². The van der Waals surface area contributed by atoms with Crippen LogP contribution < -0.4 is 5.73 Å². The van der Waals surface area contributed by atoms with Gasteiger partial charge in [-0.05, 0) is 31.9 Å². The SMILES string of the molecule is CCC(CC)n1ccc(CC(N)c2coc(C)c2)n1. The second-order valence-electron chi connectivity index (χ2n) is 5.06. The van der Waals surface area contributed by atoms with Crippen LogP contribution in [-0.2, 0) is 6.42 Å². The molecule has 4 nitrogen and oxygen atoms in total. The van der Waals surface area contributed by atoms with Crippen molar-refractivity contribution in [1.82, 2.24) is 9.78 Å². The van der Waals surface area contributed by atoms with Crippen LogP contribution in [0.15, 0.2) is 29.0 Å². The van der Waals surface area contributed by atoms with Gasteiger partial charge >= 0.3 is 0 Å². The van der Waals surface area contributed by atoms with Crippen LogP contribution in [0.5, 0.6) is 0 Å². The first-order valence-corrected chi connectivity index (χ1v) is 6.98. The summed E-state index contributed by atoms with van der Waals surface area (Å²) >= 11 is 0. The highest BCUT2D eigenvalue weighted by atomic mass is 16.3. The van der Waals surface area contributed by atoms with Crippen LogP contribution in [-0.4, -0.2) is 9.78 Å². The zero-order valence-electron chi connectivity index (χ0n) is 12.0. The minimum atomic E-state index is -0.0532. The van der Waals surface area contributed by atoms with E-state index in [9.17, 15) is 0 Å². The Balaban J connectivity index is 2.03. The predicted molar refractivity (Wildman–Crippen MR) is 75.9 cm³/mol. The highest BCUT2D eigenvalue weighted by Crippen LogP contribution is 2.19. The van der Waals surface area contributed by atoms with E-state index >= 15 is 0 Å². The Morgan fingerprint density at radius 3 is 2.68 bits per heavy atom. The van der Waals surface area contributed by atoms with Crippen LogP contribution in [0.4, 0.5) is 0 Å². The molecule has 2 aromatic heterocycles. The molecule has 2 heterocycles. The van der Waals surface area contributed by atoms with Gasteiger partial charge in [-0.1, -0.05) is 13.8 Å². The van der Waals surface area contributed by atoms with Crippen molar-refractivity contribution >= 4 is 0 Å². The lowest BCUT2D eigenvalue weighted by molar-refractivity contribution is 0.424. The Hall–Kier alpha value is -1.55. The van der Waals surface area contributed by atoms with Crippen molar-refractivity contribution in [3.05, 3.63) is 41.6 Å². The number of nitrogens with zero attached hydrogens (tertiary/aromatic N) is 2. The third-order valence-corrected chi connectivity index (χ3v) is 3.59. The summed E-state index contributed by atoms with van der Waals surface area (Å²) in [7, 11) is 0. The largest absolute Gasteiger partial charge is 0.469 e. The molecule has 0 aliphatic heterocycles. The number of nitrogens with two attached hydrogens (primary N) is 1. The van der Waals surface area contributed by atoms with Gasteiger partial charge in [-0.15, -0.1) is 0 Å². The third-order valence-electron chi connectivity index (χ3n) is 3.59. The van der Waals surface area contributed by atoms with E-state index in [1.54, 1.807) is 6.26 Å². The highest BCUT2D eigenvalue weighted by Gasteiger charge is 2.13. The molecule has 0 aliphatic rings. The number of aromatic nitrogens is 2. The minimum absolute atomic E-state index is 0.0532. The lowest BCUT2D eigenvalue weighted by Crippen LogP contribution is -2.14. The van der Waals surface area contributed by atoms with E-state index < -0.39 is 0 Å². The van der Waals surface area contributed by atoms with Crippen LogP contribution in [0.2, 0.25) is 0 Å². The molecule has 104 valence electrons. The van der Waals surface area contributed by atoms with Crippen LogP contribution >= 0.6 is 0 Å². The van der Waals surface area contributed by atoms with Crippen molar-refractivity contribution in [2.75, 3.05) is 0 Å². The van der Waals surface area contributed by atoms with E-state index in [2.05, 4.69) is 35.9 Å². The van der Waals surface area contributed by atoms with Crippen molar-refractivity contribution in [3.8, 4) is 0 Å². The van der Waals surface area contributed by atoms with Gasteiger partial charge in [-0.2, -0.15) is 5.10 Å². The number of hydrogen-bond donors (Lipinski definition) is 1. The van der Waals surface area contributed by atoms with Crippen molar-refractivity contribution in [2.45, 2.75) is 52.1 Å². The number of furan rings is 1. The quantitative estimate of drug-likeness (QED) is 0.867. The Bertz CT molecular complexity index is 511. The van der Waals surface area contributed by atoms with Crippen molar-refractivity contribution in [1.29, 1.82) is 0 Å². The maximum Gasteiger partial charge on any atom is 0.101 e. The molecule has 1 unspecified atom stereocenters. The van der Waals surface area contributed by atoms with E-state index in [-0.39, 0.29) is 6.04 Å². The summed E-state index contributed by atoms with van der Waals surface area (Å²) in [6.07, 6.45) is 6.74. The summed E-state index contributed by atoms with van der Waals surface area (Å²) in [6.45, 7) is 6.31. The number of aryl methyl sites for hydroxylation is 1. The van der Waals surface area contributed by atoms with Crippen LogP contribution in [0.1, 0.15) is 55.8 Å². The van der Waals surface area contributed by atoms with Gasteiger partial charge < -0.3 is 10.2 Å². The number of rotatable bonds is 6. The molecular formula is C15H23N3O. The van der Waals surface area contributed by atoms with E-state index in [4.69, 9.17) is 10.2 Å². The molecule has 2 aromatic rings. The van der Waals surface area contributed by atoms with Gasteiger partial charge in [0.2, 0.25) is 0 Å². The smallest absolute Gasteiger partial charge is 0.101 e. The van der Waals surface area contributed by atoms with Crippen LogP contribution in [0.25, 0.3) is 0 Å². The summed E-state index contributed by atoms with van der Waals surface area (Å²) in [5.74, 6) is 0.896. The minimum Gasteiger partial charge on any atom is -0.469 e. The predicted octanol–water partition coefficient (Wildman–Crippen LogP) is 3.39.